The zero-order chi connectivity index (χ0) is 22.3. The molecule has 0 aromatic heterocycles. The number of hydrogen-bond acceptors (Lipinski definition) is 2. The van der Waals surface area contributed by atoms with Crippen molar-refractivity contribution in [2.24, 2.45) is 0 Å². The molecule has 1 rings (SSSR count). The second-order valence-corrected chi connectivity index (χ2v) is 8.36. The predicted molar refractivity (Wildman–Crippen MR) is 111 cm³/mol. The topological polar surface area (TPSA) is 29.5 Å². The normalized spacial score (nSPS) is 14.4. The summed E-state index contributed by atoms with van der Waals surface area (Å²) in [6.07, 6.45) is 9.97. The highest BCUT2D eigenvalue weighted by molar-refractivity contribution is 8.42. The zero-order valence-corrected chi connectivity index (χ0v) is 18.5. The van der Waals surface area contributed by atoms with Gasteiger partial charge in [-0.25, -0.2) is 0 Å². The van der Waals surface area contributed by atoms with Crippen LogP contribution in [-0.2, 0) is 0 Å². The van der Waals surface area contributed by atoms with E-state index in [4.69, 9.17) is 5.11 Å². The molecule has 0 saturated heterocycles. The highest BCUT2D eigenvalue weighted by atomic mass is 32.5. The lowest BCUT2D eigenvalue weighted by molar-refractivity contribution is 0.243. The first-order valence-corrected chi connectivity index (χ1v) is 11.8. The van der Waals surface area contributed by atoms with Gasteiger partial charge in [0.05, 0.1) is 0 Å². The molecule has 0 amide bonds. The predicted octanol–water partition coefficient (Wildman–Crippen LogP) is 9.16. The summed E-state index contributed by atoms with van der Waals surface area (Å²) < 4.78 is 62.7. The molecule has 0 spiro atoms. The van der Waals surface area contributed by atoms with E-state index in [0.29, 0.717) is 5.56 Å². The zero-order valence-electron chi connectivity index (χ0n) is 17.7. The van der Waals surface area contributed by atoms with Crippen LogP contribution < -0.4 is 4.18 Å². The van der Waals surface area contributed by atoms with Crippen LogP contribution in [0.25, 0.3) is 0 Å². The van der Waals surface area contributed by atoms with Crippen molar-refractivity contribution in [3.05, 3.63) is 29.8 Å². The summed E-state index contributed by atoms with van der Waals surface area (Å²) in [4.78, 5) is 0. The molecule has 0 aliphatic heterocycles. The van der Waals surface area contributed by atoms with Crippen LogP contribution in [0, 0.1) is 0 Å². The van der Waals surface area contributed by atoms with Crippen LogP contribution in [0.5, 0.6) is 5.75 Å². The van der Waals surface area contributed by atoms with Gasteiger partial charge in [-0.1, -0.05) is 111 Å². The molecular formula is C20H37F5O2S. The maximum absolute atomic E-state index is 12.0. The van der Waals surface area contributed by atoms with Gasteiger partial charge in [0.2, 0.25) is 0 Å². The molecule has 8 heteroatoms. The highest BCUT2D eigenvalue weighted by Gasteiger charge is 2.67. The Labute approximate surface area is 167 Å². The lowest BCUT2D eigenvalue weighted by atomic mass is 10.0. The highest BCUT2D eigenvalue weighted by Crippen LogP contribution is 2.97. The van der Waals surface area contributed by atoms with Gasteiger partial charge in [0.1, 0.15) is 5.75 Å². The molecule has 0 bridgehead atoms. The fourth-order valence-corrected chi connectivity index (χ4v) is 2.64. The molecule has 0 heterocycles. The summed E-state index contributed by atoms with van der Waals surface area (Å²) in [5.74, 6) is -1.26. The summed E-state index contributed by atoms with van der Waals surface area (Å²) >= 11 is 0. The second kappa shape index (κ2) is 12.5. The molecule has 28 heavy (non-hydrogen) atoms. The van der Waals surface area contributed by atoms with Gasteiger partial charge in [0.15, 0.2) is 0 Å². The van der Waals surface area contributed by atoms with Crippen molar-refractivity contribution in [1.82, 2.24) is 0 Å². The summed E-state index contributed by atoms with van der Waals surface area (Å²) in [6, 6.07) is 3.97. The number of unbranched alkanes of at least 4 members (excludes halogenated alkanes) is 6. The summed E-state index contributed by atoms with van der Waals surface area (Å²) in [7, 11) is -9.90. The van der Waals surface area contributed by atoms with E-state index in [-0.39, 0.29) is 12.5 Å². The Bertz CT molecular complexity index is 497. The van der Waals surface area contributed by atoms with Crippen LogP contribution in [0.4, 0.5) is 19.4 Å². The molecule has 1 aromatic rings. The van der Waals surface area contributed by atoms with E-state index >= 15 is 0 Å². The van der Waals surface area contributed by atoms with Gasteiger partial charge >= 0.3 is 10.5 Å². The Morgan fingerprint density at radius 3 is 1.54 bits per heavy atom. The van der Waals surface area contributed by atoms with Gasteiger partial charge in [-0.05, 0) is 17.7 Å². The van der Waals surface area contributed by atoms with Gasteiger partial charge in [0.25, 0.3) is 0 Å². The number of aliphatic hydroxyl groups excluding tert-OH is 1. The van der Waals surface area contributed by atoms with E-state index < -0.39 is 16.3 Å². The van der Waals surface area contributed by atoms with E-state index in [2.05, 4.69) is 18.0 Å². The van der Waals surface area contributed by atoms with Crippen molar-refractivity contribution in [3.63, 3.8) is 0 Å². The van der Waals surface area contributed by atoms with Crippen LogP contribution in [0.15, 0.2) is 24.3 Å². The van der Waals surface area contributed by atoms with E-state index in [0.717, 1.165) is 12.1 Å². The van der Waals surface area contributed by atoms with Crippen molar-refractivity contribution >= 4 is 10.5 Å². The number of hydrogen-bond donors (Lipinski definition) is 1. The molecular weight excluding hydrogens is 399 g/mol. The van der Waals surface area contributed by atoms with Crippen LogP contribution in [0.3, 0.4) is 0 Å². The van der Waals surface area contributed by atoms with E-state index in [1.54, 1.807) is 6.92 Å². The third kappa shape index (κ3) is 18.3. The monoisotopic (exact) mass is 436 g/mol. The van der Waals surface area contributed by atoms with Crippen LogP contribution in [0.2, 0.25) is 0 Å². The maximum Gasteiger partial charge on any atom is 0.435 e. The molecule has 170 valence electrons. The minimum atomic E-state index is -9.90. The van der Waals surface area contributed by atoms with Crippen LogP contribution in [-0.4, -0.2) is 11.7 Å². The molecule has 1 unspecified atom stereocenters. The molecule has 2 nitrogen and oxygen atoms in total. The van der Waals surface area contributed by atoms with Crippen molar-refractivity contribution in [2.75, 3.05) is 6.61 Å². The van der Waals surface area contributed by atoms with E-state index in [9.17, 15) is 19.4 Å². The van der Waals surface area contributed by atoms with Crippen molar-refractivity contribution in [3.8, 4) is 5.75 Å². The Balaban J connectivity index is 0. The SMILES string of the molecule is CC.CC(CO)c1ccc(OS(F)(F)(F)(F)F)cc1.CCCCCCCCC. The largest absolute Gasteiger partial charge is 0.435 e. The molecule has 0 radical (unpaired) electrons. The van der Waals surface area contributed by atoms with Gasteiger partial charge in [-0.2, -0.15) is 0 Å². The second-order valence-electron chi connectivity index (χ2n) is 6.40. The van der Waals surface area contributed by atoms with Crippen molar-refractivity contribution < 1.29 is 28.7 Å². The average molecular weight is 437 g/mol. The summed E-state index contributed by atoms with van der Waals surface area (Å²) in [5.41, 5.74) is 0.530. The van der Waals surface area contributed by atoms with E-state index in [1.165, 1.54) is 57.1 Å². The molecule has 1 atom stereocenters. The number of halogens is 5. The molecule has 0 aliphatic carbocycles. The third-order valence-corrected chi connectivity index (χ3v) is 4.19. The smallest absolute Gasteiger partial charge is 0.396 e. The first-order valence-electron chi connectivity index (χ1n) is 9.97. The van der Waals surface area contributed by atoms with Gasteiger partial charge in [-0.3, -0.25) is 0 Å². The van der Waals surface area contributed by atoms with Crippen molar-refractivity contribution in [2.45, 2.75) is 85.5 Å². The molecule has 1 aromatic carbocycles. The number of aliphatic hydroxyl groups is 1. The van der Waals surface area contributed by atoms with Crippen molar-refractivity contribution in [1.29, 1.82) is 0 Å². The van der Waals surface area contributed by atoms with Gasteiger partial charge < -0.3 is 9.29 Å². The number of benzene rings is 1. The van der Waals surface area contributed by atoms with Gasteiger partial charge in [-0.15, -0.1) is 0 Å². The molecule has 1 N–H and O–H groups in total. The minimum Gasteiger partial charge on any atom is -0.396 e. The average Bonchev–Trinajstić information content (AvgIpc) is 2.61. The fourth-order valence-electron chi connectivity index (χ4n) is 2.17. The third-order valence-electron chi connectivity index (χ3n) is 3.68. The minimum absolute atomic E-state index is 0.193. The van der Waals surface area contributed by atoms with Crippen LogP contribution >= 0.6 is 10.5 Å². The van der Waals surface area contributed by atoms with Gasteiger partial charge in [0, 0.05) is 12.5 Å². The quantitative estimate of drug-likeness (QED) is 0.293. The standard InChI is InChI=1S/C9H11F5O2S.C9H20.C2H6/c1-7(6-15)8-2-4-9(5-3-8)16-17(10,11,12,13)14;1-3-5-7-9-8-6-4-2;1-2/h2-5,7,15H,6H2,1H3;3-9H2,1-2H3;1-2H3. The molecule has 0 aliphatic rings. The Kier molecular flexibility index (Phi) is 13.1. The first kappa shape index (κ1) is 29.2. The Morgan fingerprint density at radius 2 is 1.21 bits per heavy atom. The van der Waals surface area contributed by atoms with E-state index in [1.807, 2.05) is 13.8 Å². The fraction of sp³-hybridized carbons (Fsp3) is 0.700. The summed E-state index contributed by atoms with van der Waals surface area (Å²) in [6.45, 7) is 9.97. The molecule has 0 saturated carbocycles. The maximum atomic E-state index is 12.0. The Morgan fingerprint density at radius 1 is 0.821 bits per heavy atom. The first-order chi connectivity index (χ1) is 12.8. The lowest BCUT2D eigenvalue weighted by Crippen LogP contribution is -2.14. The Hall–Kier alpha value is -1.02. The molecule has 0 fully saturated rings. The lowest BCUT2D eigenvalue weighted by Gasteiger charge is -2.39. The van der Waals surface area contributed by atoms with Crippen LogP contribution in [0.1, 0.15) is 91.0 Å². The summed E-state index contributed by atoms with van der Waals surface area (Å²) in [5, 5.41) is 8.80. The number of rotatable bonds is 10.